The lowest BCUT2D eigenvalue weighted by Crippen LogP contribution is -2.52. The van der Waals surface area contributed by atoms with E-state index < -0.39 is 23.8 Å². The van der Waals surface area contributed by atoms with E-state index in [1.54, 1.807) is 12.1 Å². The van der Waals surface area contributed by atoms with E-state index in [1.807, 2.05) is 12.1 Å². The third-order valence-corrected chi connectivity index (χ3v) is 6.49. The van der Waals surface area contributed by atoms with E-state index in [9.17, 15) is 19.5 Å². The largest absolute Gasteiger partial charge is 0.480 e. The maximum absolute atomic E-state index is 12.5. The number of aliphatic carboxylic acids is 1. The molecule has 2 aliphatic rings. The second kappa shape index (κ2) is 11.2. The molecular formula is C24H31N5O5. The van der Waals surface area contributed by atoms with E-state index in [0.29, 0.717) is 11.6 Å². The van der Waals surface area contributed by atoms with Gasteiger partial charge in [-0.25, -0.2) is 4.79 Å². The van der Waals surface area contributed by atoms with Gasteiger partial charge in [-0.15, -0.1) is 0 Å². The maximum atomic E-state index is 12.5. The number of carbonyl (C=O) groups excluding carboxylic acids is 2. The van der Waals surface area contributed by atoms with Gasteiger partial charge in [0.1, 0.15) is 12.3 Å². The van der Waals surface area contributed by atoms with Crippen molar-refractivity contribution in [3.05, 3.63) is 54.0 Å². The molecule has 34 heavy (non-hydrogen) atoms. The lowest BCUT2D eigenvalue weighted by Gasteiger charge is -2.41. The van der Waals surface area contributed by atoms with Crippen LogP contribution in [0.4, 0.5) is 5.69 Å². The SMILES string of the molecule is O=C(NCC(NC(=O)c1ccoc1)C(=O)O)c1ccc(N2CCN(C3CCNCC3)CC2)cc1. The average Bonchev–Trinajstić information content (AvgIpc) is 3.42. The molecule has 2 fully saturated rings. The molecule has 1 atom stereocenters. The molecule has 10 nitrogen and oxygen atoms in total. The Morgan fingerprint density at radius 1 is 1.00 bits per heavy atom. The summed E-state index contributed by atoms with van der Waals surface area (Å²) in [5.41, 5.74) is 1.71. The Bertz CT molecular complexity index is 964. The van der Waals surface area contributed by atoms with E-state index in [0.717, 1.165) is 45.0 Å². The van der Waals surface area contributed by atoms with Crippen molar-refractivity contribution in [3.63, 3.8) is 0 Å². The average molecular weight is 470 g/mol. The van der Waals surface area contributed by atoms with Crippen molar-refractivity contribution in [2.45, 2.75) is 24.9 Å². The number of piperidine rings is 1. The molecule has 1 aromatic carbocycles. The quantitative estimate of drug-likeness (QED) is 0.447. The van der Waals surface area contributed by atoms with Crippen LogP contribution in [0.3, 0.4) is 0 Å². The molecular weight excluding hydrogens is 438 g/mol. The first-order chi connectivity index (χ1) is 16.5. The van der Waals surface area contributed by atoms with Gasteiger partial charge < -0.3 is 30.4 Å². The van der Waals surface area contributed by atoms with Gasteiger partial charge in [0.25, 0.3) is 11.8 Å². The molecule has 0 spiro atoms. The van der Waals surface area contributed by atoms with Gasteiger partial charge in [-0.05, 0) is 56.3 Å². The smallest absolute Gasteiger partial charge is 0.328 e. The zero-order valence-electron chi connectivity index (χ0n) is 19.0. The van der Waals surface area contributed by atoms with Crippen molar-refractivity contribution in [3.8, 4) is 0 Å². The number of nitrogens with zero attached hydrogens (tertiary/aromatic N) is 2. The number of hydrogen-bond donors (Lipinski definition) is 4. The highest BCUT2D eigenvalue weighted by molar-refractivity contribution is 5.97. The van der Waals surface area contributed by atoms with Crippen LogP contribution >= 0.6 is 0 Å². The molecule has 10 heteroatoms. The second-order valence-electron chi connectivity index (χ2n) is 8.64. The van der Waals surface area contributed by atoms with Crippen LogP contribution in [-0.4, -0.2) is 85.7 Å². The summed E-state index contributed by atoms with van der Waals surface area (Å²) >= 11 is 0. The first-order valence-corrected chi connectivity index (χ1v) is 11.6. The number of nitrogens with one attached hydrogen (secondary N) is 3. The summed E-state index contributed by atoms with van der Waals surface area (Å²) in [6.45, 7) is 5.93. The predicted octanol–water partition coefficient (Wildman–Crippen LogP) is 0.767. The summed E-state index contributed by atoms with van der Waals surface area (Å²) in [6, 6.07) is 8.17. The number of piperazine rings is 1. The fourth-order valence-corrected chi connectivity index (χ4v) is 4.47. The van der Waals surface area contributed by atoms with Crippen LogP contribution in [0.1, 0.15) is 33.6 Å². The van der Waals surface area contributed by atoms with Crippen molar-refractivity contribution >= 4 is 23.5 Å². The van der Waals surface area contributed by atoms with Crippen LogP contribution in [-0.2, 0) is 4.79 Å². The van der Waals surface area contributed by atoms with Crippen LogP contribution in [0.2, 0.25) is 0 Å². The Kier molecular flexibility index (Phi) is 7.81. The maximum Gasteiger partial charge on any atom is 0.328 e. The highest BCUT2D eigenvalue weighted by Gasteiger charge is 2.25. The van der Waals surface area contributed by atoms with Gasteiger partial charge in [-0.2, -0.15) is 0 Å². The molecule has 2 amide bonds. The number of hydrogen-bond acceptors (Lipinski definition) is 7. The van der Waals surface area contributed by atoms with Crippen LogP contribution in [0, 0.1) is 0 Å². The molecule has 0 aliphatic carbocycles. The Hall–Kier alpha value is -3.37. The molecule has 1 aromatic heterocycles. The molecule has 0 saturated carbocycles. The Morgan fingerprint density at radius 2 is 1.71 bits per heavy atom. The molecule has 2 saturated heterocycles. The van der Waals surface area contributed by atoms with Crippen molar-refractivity contribution in [2.24, 2.45) is 0 Å². The molecule has 182 valence electrons. The topological polar surface area (TPSA) is 127 Å². The fraction of sp³-hybridized carbons (Fsp3) is 0.458. The highest BCUT2D eigenvalue weighted by Crippen LogP contribution is 2.20. The monoisotopic (exact) mass is 469 g/mol. The number of carbonyl (C=O) groups is 3. The number of benzene rings is 1. The minimum atomic E-state index is -1.26. The van der Waals surface area contributed by atoms with Gasteiger partial charge in [0.05, 0.1) is 11.8 Å². The van der Waals surface area contributed by atoms with Gasteiger partial charge in [-0.3, -0.25) is 14.5 Å². The zero-order valence-corrected chi connectivity index (χ0v) is 19.0. The first kappa shape index (κ1) is 23.8. The fourth-order valence-electron chi connectivity index (χ4n) is 4.47. The van der Waals surface area contributed by atoms with Gasteiger partial charge in [0.15, 0.2) is 0 Å². The Balaban J connectivity index is 1.26. The number of carboxylic acids is 1. The molecule has 4 N–H and O–H groups in total. The van der Waals surface area contributed by atoms with Crippen LogP contribution in [0.5, 0.6) is 0 Å². The molecule has 4 rings (SSSR count). The standard InChI is InChI=1S/C24H31N5O5/c30-22(26-15-21(24(32)33)27-23(31)18-7-14-34-16-18)17-1-3-19(4-2-17)28-10-12-29(13-11-28)20-5-8-25-9-6-20/h1-4,7,14,16,20-21,25H,5-6,8-13,15H2,(H,26,30)(H,27,31)(H,32,33). The van der Waals surface area contributed by atoms with E-state index in [4.69, 9.17) is 4.42 Å². The summed E-state index contributed by atoms with van der Waals surface area (Å²) in [5, 5.41) is 17.8. The normalized spacial score (nSPS) is 18.3. The summed E-state index contributed by atoms with van der Waals surface area (Å²) in [5.74, 6) is -2.22. The number of carboxylic acid groups (broad SMARTS) is 1. The lowest BCUT2D eigenvalue weighted by atomic mass is 10.0. The van der Waals surface area contributed by atoms with Crippen LogP contribution < -0.4 is 20.9 Å². The third kappa shape index (κ3) is 5.95. The minimum Gasteiger partial charge on any atom is -0.480 e. The molecule has 0 bridgehead atoms. The molecule has 2 aliphatic heterocycles. The van der Waals surface area contributed by atoms with Gasteiger partial charge in [-0.1, -0.05) is 0 Å². The van der Waals surface area contributed by atoms with Gasteiger partial charge >= 0.3 is 5.97 Å². The first-order valence-electron chi connectivity index (χ1n) is 11.6. The summed E-state index contributed by atoms with van der Waals surface area (Å²) < 4.78 is 4.83. The van der Waals surface area contributed by atoms with E-state index in [2.05, 4.69) is 25.8 Å². The highest BCUT2D eigenvalue weighted by atomic mass is 16.4. The Morgan fingerprint density at radius 3 is 2.32 bits per heavy atom. The Labute approximate surface area is 198 Å². The van der Waals surface area contributed by atoms with E-state index in [-0.39, 0.29) is 12.1 Å². The summed E-state index contributed by atoms with van der Waals surface area (Å²) in [4.78, 5) is 41.0. The third-order valence-electron chi connectivity index (χ3n) is 6.49. The van der Waals surface area contributed by atoms with E-state index in [1.165, 1.54) is 31.4 Å². The van der Waals surface area contributed by atoms with Gasteiger partial charge in [0, 0.05) is 50.0 Å². The molecule has 3 heterocycles. The summed E-state index contributed by atoms with van der Waals surface area (Å²) in [7, 11) is 0. The lowest BCUT2D eigenvalue weighted by molar-refractivity contribution is -0.139. The molecule has 2 aromatic rings. The second-order valence-corrected chi connectivity index (χ2v) is 8.64. The van der Waals surface area contributed by atoms with Crippen LogP contribution in [0.25, 0.3) is 0 Å². The minimum absolute atomic E-state index is 0.213. The zero-order chi connectivity index (χ0) is 23.9. The molecule has 0 radical (unpaired) electrons. The van der Waals surface area contributed by atoms with Gasteiger partial charge in [0.2, 0.25) is 0 Å². The van der Waals surface area contributed by atoms with E-state index >= 15 is 0 Å². The predicted molar refractivity (Wildman–Crippen MR) is 126 cm³/mol. The van der Waals surface area contributed by atoms with Crippen LogP contribution in [0.15, 0.2) is 47.3 Å². The molecule has 1 unspecified atom stereocenters. The number of amides is 2. The summed E-state index contributed by atoms with van der Waals surface area (Å²) in [6.07, 6.45) is 4.96. The van der Waals surface area contributed by atoms with Crippen molar-refractivity contribution in [1.82, 2.24) is 20.9 Å². The number of furan rings is 1. The van der Waals surface area contributed by atoms with Crippen molar-refractivity contribution in [1.29, 1.82) is 0 Å². The number of anilines is 1. The number of rotatable bonds is 8. The van der Waals surface area contributed by atoms with Crippen molar-refractivity contribution in [2.75, 3.05) is 50.7 Å². The van der Waals surface area contributed by atoms with Crippen molar-refractivity contribution < 1.29 is 23.9 Å².